The highest BCUT2D eigenvalue weighted by molar-refractivity contribution is 5.89. The smallest absolute Gasteiger partial charge is 0.155 e. The Labute approximate surface area is 121 Å². The molecule has 0 spiro atoms. The molecule has 0 aromatic heterocycles. The number of hydrogen-bond acceptors (Lipinski definition) is 1. The average molecular weight is 264 g/mol. The second-order valence-electron chi connectivity index (χ2n) is 4.83. The average Bonchev–Trinajstić information content (AvgIpc) is 2.53. The van der Waals surface area contributed by atoms with E-state index in [4.69, 9.17) is 0 Å². The Morgan fingerprint density at radius 2 is 1.45 bits per heavy atom. The van der Waals surface area contributed by atoms with Gasteiger partial charge in [-0.05, 0) is 23.6 Å². The summed E-state index contributed by atoms with van der Waals surface area (Å²) in [6, 6.07) is 20.9. The van der Waals surface area contributed by atoms with Crippen LogP contribution in [0.4, 0.5) is 0 Å². The van der Waals surface area contributed by atoms with Crippen LogP contribution in [-0.4, -0.2) is 5.78 Å². The van der Waals surface area contributed by atoms with E-state index in [9.17, 15) is 4.79 Å². The van der Waals surface area contributed by atoms with Crippen molar-refractivity contribution in [3.05, 3.63) is 83.9 Å². The fraction of sp³-hybridized carbons (Fsp3) is 0.211. The van der Waals surface area contributed by atoms with Gasteiger partial charge in [-0.3, -0.25) is 4.79 Å². The zero-order valence-corrected chi connectivity index (χ0v) is 11.8. The number of allylic oxidation sites excluding steroid dienone is 2. The molecule has 0 aliphatic carbocycles. The molecule has 1 heteroatoms. The first-order valence-corrected chi connectivity index (χ1v) is 7.10. The van der Waals surface area contributed by atoms with Gasteiger partial charge in [-0.25, -0.2) is 0 Å². The molecule has 0 saturated carbocycles. The third-order valence-electron chi connectivity index (χ3n) is 3.43. The molecule has 0 heterocycles. The summed E-state index contributed by atoms with van der Waals surface area (Å²) in [5.41, 5.74) is 2.57. The van der Waals surface area contributed by atoms with Crippen LogP contribution in [0.15, 0.2) is 72.8 Å². The first-order chi connectivity index (χ1) is 9.81. The summed E-state index contributed by atoms with van der Waals surface area (Å²) in [7, 11) is 0. The van der Waals surface area contributed by atoms with Crippen LogP contribution in [0.2, 0.25) is 0 Å². The van der Waals surface area contributed by atoms with Crippen molar-refractivity contribution in [2.45, 2.75) is 25.7 Å². The van der Waals surface area contributed by atoms with Crippen molar-refractivity contribution in [3.8, 4) is 0 Å². The zero-order chi connectivity index (χ0) is 14.2. The Morgan fingerprint density at radius 1 is 0.950 bits per heavy atom. The molecule has 20 heavy (non-hydrogen) atoms. The SMILES string of the molecule is CCC(=O)/C=C/CC(c1ccccc1)c1ccccc1. The molecule has 0 amide bonds. The summed E-state index contributed by atoms with van der Waals surface area (Å²) >= 11 is 0. The van der Waals surface area contributed by atoms with E-state index in [1.807, 2.05) is 25.1 Å². The lowest BCUT2D eigenvalue weighted by molar-refractivity contribution is -0.114. The summed E-state index contributed by atoms with van der Waals surface area (Å²) in [4.78, 5) is 11.4. The second-order valence-corrected chi connectivity index (χ2v) is 4.83. The topological polar surface area (TPSA) is 17.1 Å². The lowest BCUT2D eigenvalue weighted by atomic mass is 9.88. The highest BCUT2D eigenvalue weighted by Gasteiger charge is 2.11. The van der Waals surface area contributed by atoms with Crippen molar-refractivity contribution >= 4 is 5.78 Å². The standard InChI is InChI=1S/C19H20O/c1-2-18(20)14-9-15-19(16-10-5-3-6-11-16)17-12-7-4-8-13-17/h3-14,19H,2,15H2,1H3/b14-9+. The molecule has 0 bridgehead atoms. The Hall–Kier alpha value is -2.15. The van der Waals surface area contributed by atoms with Crippen molar-refractivity contribution in [1.82, 2.24) is 0 Å². The molecule has 102 valence electrons. The largest absolute Gasteiger partial charge is 0.295 e. The van der Waals surface area contributed by atoms with E-state index < -0.39 is 0 Å². The van der Waals surface area contributed by atoms with Crippen molar-refractivity contribution in [1.29, 1.82) is 0 Å². The Bertz CT molecular complexity index is 515. The van der Waals surface area contributed by atoms with E-state index in [0.29, 0.717) is 12.3 Å². The first kappa shape index (κ1) is 14.3. The highest BCUT2D eigenvalue weighted by atomic mass is 16.1. The van der Waals surface area contributed by atoms with E-state index in [1.165, 1.54) is 11.1 Å². The molecule has 0 saturated heterocycles. The van der Waals surface area contributed by atoms with Gasteiger partial charge in [0.25, 0.3) is 0 Å². The summed E-state index contributed by atoms with van der Waals surface area (Å²) in [5, 5.41) is 0. The third kappa shape index (κ3) is 3.92. The van der Waals surface area contributed by atoms with Crippen LogP contribution in [0.1, 0.15) is 36.8 Å². The molecule has 0 atom stereocenters. The molecular formula is C19H20O. The van der Waals surface area contributed by atoms with Gasteiger partial charge in [0.1, 0.15) is 0 Å². The van der Waals surface area contributed by atoms with Gasteiger partial charge in [0.15, 0.2) is 5.78 Å². The summed E-state index contributed by atoms with van der Waals surface area (Å²) in [5.74, 6) is 0.489. The molecule has 0 radical (unpaired) electrons. The molecular weight excluding hydrogens is 244 g/mol. The van der Waals surface area contributed by atoms with E-state index >= 15 is 0 Å². The van der Waals surface area contributed by atoms with Crippen LogP contribution < -0.4 is 0 Å². The van der Waals surface area contributed by atoms with Crippen LogP contribution in [0.25, 0.3) is 0 Å². The maximum atomic E-state index is 11.4. The van der Waals surface area contributed by atoms with Gasteiger partial charge < -0.3 is 0 Å². The molecule has 0 aliphatic rings. The lowest BCUT2D eigenvalue weighted by Gasteiger charge is -2.16. The monoisotopic (exact) mass is 264 g/mol. The predicted molar refractivity (Wildman–Crippen MR) is 83.8 cm³/mol. The summed E-state index contributed by atoms with van der Waals surface area (Å²) in [6.45, 7) is 1.89. The Balaban J connectivity index is 2.22. The van der Waals surface area contributed by atoms with Gasteiger partial charge in [-0.15, -0.1) is 0 Å². The van der Waals surface area contributed by atoms with Crippen molar-refractivity contribution in [2.24, 2.45) is 0 Å². The molecule has 0 fully saturated rings. The van der Waals surface area contributed by atoms with E-state index in [1.54, 1.807) is 6.08 Å². The molecule has 2 aromatic rings. The molecule has 0 N–H and O–H groups in total. The van der Waals surface area contributed by atoms with Crippen LogP contribution in [-0.2, 0) is 4.79 Å². The minimum atomic E-state index is 0.185. The summed E-state index contributed by atoms with van der Waals surface area (Å²) in [6.07, 6.45) is 5.12. The summed E-state index contributed by atoms with van der Waals surface area (Å²) < 4.78 is 0. The van der Waals surface area contributed by atoms with Crippen LogP contribution in [0.3, 0.4) is 0 Å². The fourth-order valence-electron chi connectivity index (χ4n) is 2.29. The van der Waals surface area contributed by atoms with E-state index in [0.717, 1.165) is 6.42 Å². The quantitative estimate of drug-likeness (QED) is 0.688. The molecule has 0 aliphatic heterocycles. The van der Waals surface area contributed by atoms with Crippen molar-refractivity contribution < 1.29 is 4.79 Å². The minimum Gasteiger partial charge on any atom is -0.295 e. The van der Waals surface area contributed by atoms with Crippen LogP contribution >= 0.6 is 0 Å². The molecule has 2 rings (SSSR count). The van der Waals surface area contributed by atoms with Gasteiger partial charge >= 0.3 is 0 Å². The van der Waals surface area contributed by atoms with Gasteiger partial charge in [-0.1, -0.05) is 73.7 Å². The van der Waals surface area contributed by atoms with Crippen LogP contribution in [0.5, 0.6) is 0 Å². The highest BCUT2D eigenvalue weighted by Crippen LogP contribution is 2.28. The van der Waals surface area contributed by atoms with E-state index in [2.05, 4.69) is 48.5 Å². The number of benzene rings is 2. The normalized spacial score (nSPS) is 11.1. The predicted octanol–water partition coefficient (Wildman–Crippen LogP) is 4.74. The number of carbonyl (C=O) groups excluding carboxylic acids is 1. The molecule has 1 nitrogen and oxygen atoms in total. The van der Waals surface area contributed by atoms with Gasteiger partial charge in [0, 0.05) is 12.3 Å². The minimum absolute atomic E-state index is 0.185. The second kappa shape index (κ2) is 7.44. The Kier molecular flexibility index (Phi) is 5.31. The number of ketones is 1. The maximum absolute atomic E-state index is 11.4. The lowest BCUT2D eigenvalue weighted by Crippen LogP contribution is -2.00. The van der Waals surface area contributed by atoms with Crippen molar-refractivity contribution in [2.75, 3.05) is 0 Å². The maximum Gasteiger partial charge on any atom is 0.155 e. The fourth-order valence-corrected chi connectivity index (χ4v) is 2.29. The Morgan fingerprint density at radius 3 is 1.90 bits per heavy atom. The molecule has 2 aromatic carbocycles. The molecule has 0 unspecified atom stereocenters. The number of rotatable bonds is 6. The van der Waals surface area contributed by atoms with Gasteiger partial charge in [0.2, 0.25) is 0 Å². The number of hydrogen-bond donors (Lipinski definition) is 0. The van der Waals surface area contributed by atoms with Crippen LogP contribution in [0, 0.1) is 0 Å². The third-order valence-corrected chi connectivity index (χ3v) is 3.43. The van der Waals surface area contributed by atoms with E-state index in [-0.39, 0.29) is 5.78 Å². The first-order valence-electron chi connectivity index (χ1n) is 7.10. The van der Waals surface area contributed by atoms with Crippen molar-refractivity contribution in [3.63, 3.8) is 0 Å². The zero-order valence-electron chi connectivity index (χ0n) is 11.8. The number of carbonyl (C=O) groups is 1. The van der Waals surface area contributed by atoms with Gasteiger partial charge in [0.05, 0.1) is 0 Å². The van der Waals surface area contributed by atoms with Gasteiger partial charge in [-0.2, -0.15) is 0 Å².